The van der Waals surface area contributed by atoms with Crippen LogP contribution in [0.5, 0.6) is 0 Å². The molecule has 0 saturated heterocycles. The minimum Gasteiger partial charge on any atom is -0.331 e. The van der Waals surface area contributed by atoms with Gasteiger partial charge in [-0.05, 0) is 18.4 Å². The van der Waals surface area contributed by atoms with Gasteiger partial charge < -0.3 is 4.57 Å². The Morgan fingerprint density at radius 1 is 1.26 bits per heavy atom. The van der Waals surface area contributed by atoms with E-state index in [9.17, 15) is 0 Å². The zero-order valence-corrected chi connectivity index (χ0v) is 11.9. The van der Waals surface area contributed by atoms with Crippen LogP contribution in [0, 0.1) is 18.3 Å². The molecule has 0 aliphatic carbocycles. The number of nitriles is 1. The molecular weight excluding hydrogens is 234 g/mol. The molecule has 0 aliphatic rings. The molecule has 2 aromatic rings. The lowest BCUT2D eigenvalue weighted by Crippen LogP contribution is -1.95. The van der Waals surface area contributed by atoms with Crippen LogP contribution in [-0.2, 0) is 13.5 Å². The second-order valence-electron chi connectivity index (χ2n) is 5.14. The lowest BCUT2D eigenvalue weighted by molar-refractivity contribution is 0.864. The van der Waals surface area contributed by atoms with Crippen LogP contribution in [0.25, 0.3) is 11.4 Å². The van der Waals surface area contributed by atoms with E-state index in [4.69, 9.17) is 5.26 Å². The lowest BCUT2D eigenvalue weighted by atomic mass is 10.0. The highest BCUT2D eigenvalue weighted by Crippen LogP contribution is 2.23. The van der Waals surface area contributed by atoms with Crippen molar-refractivity contribution in [2.45, 2.75) is 33.1 Å². The SMILES string of the molecule is Cc1c(CC#N)nc(-c2ccc(C(C)C)cc2)n1C. The molecule has 0 amide bonds. The average Bonchev–Trinajstić information content (AvgIpc) is 2.68. The highest BCUT2D eigenvalue weighted by Gasteiger charge is 2.12. The van der Waals surface area contributed by atoms with E-state index in [1.54, 1.807) is 0 Å². The molecule has 0 N–H and O–H groups in total. The molecule has 0 saturated carbocycles. The summed E-state index contributed by atoms with van der Waals surface area (Å²) in [6, 6.07) is 10.7. The quantitative estimate of drug-likeness (QED) is 0.839. The van der Waals surface area contributed by atoms with Gasteiger partial charge in [0.2, 0.25) is 0 Å². The van der Waals surface area contributed by atoms with E-state index in [0.29, 0.717) is 12.3 Å². The minimum absolute atomic E-state index is 0.365. The van der Waals surface area contributed by atoms with Crippen LogP contribution in [0.1, 0.15) is 36.7 Å². The minimum atomic E-state index is 0.365. The van der Waals surface area contributed by atoms with Crippen LogP contribution in [0.15, 0.2) is 24.3 Å². The lowest BCUT2D eigenvalue weighted by Gasteiger charge is -2.07. The number of imidazole rings is 1. The highest BCUT2D eigenvalue weighted by molar-refractivity contribution is 5.57. The zero-order chi connectivity index (χ0) is 14.0. The Labute approximate surface area is 114 Å². The first-order valence-electron chi connectivity index (χ1n) is 6.54. The monoisotopic (exact) mass is 253 g/mol. The van der Waals surface area contributed by atoms with Gasteiger partial charge in [-0.3, -0.25) is 0 Å². The molecule has 19 heavy (non-hydrogen) atoms. The Bertz CT molecular complexity index is 613. The summed E-state index contributed by atoms with van der Waals surface area (Å²) in [6.07, 6.45) is 0.365. The van der Waals surface area contributed by atoms with Crippen molar-refractivity contribution in [1.29, 1.82) is 5.26 Å². The van der Waals surface area contributed by atoms with Crippen LogP contribution in [0.2, 0.25) is 0 Å². The molecule has 3 heteroatoms. The molecule has 3 nitrogen and oxygen atoms in total. The first kappa shape index (κ1) is 13.4. The van der Waals surface area contributed by atoms with Gasteiger partial charge in [0, 0.05) is 18.3 Å². The summed E-state index contributed by atoms with van der Waals surface area (Å²) in [7, 11) is 1.99. The van der Waals surface area contributed by atoms with Crippen molar-refractivity contribution >= 4 is 0 Å². The molecule has 0 atom stereocenters. The van der Waals surface area contributed by atoms with Crippen LogP contribution in [0.4, 0.5) is 0 Å². The summed E-state index contributed by atoms with van der Waals surface area (Å²) in [4.78, 5) is 4.58. The Morgan fingerprint density at radius 2 is 1.89 bits per heavy atom. The molecule has 0 spiro atoms. The smallest absolute Gasteiger partial charge is 0.140 e. The molecule has 0 radical (unpaired) electrons. The van der Waals surface area contributed by atoms with Gasteiger partial charge in [0.15, 0.2) is 0 Å². The standard InChI is InChI=1S/C16H19N3/c1-11(2)13-5-7-14(8-6-13)16-18-15(9-10-17)12(3)19(16)4/h5-8,11H,9H2,1-4H3. The fourth-order valence-electron chi connectivity index (χ4n) is 2.15. The molecule has 2 rings (SSSR count). The van der Waals surface area contributed by atoms with Gasteiger partial charge in [0.05, 0.1) is 18.2 Å². The third-order valence-corrected chi connectivity index (χ3v) is 3.56. The Balaban J connectivity index is 2.42. The molecule has 0 aliphatic heterocycles. The van der Waals surface area contributed by atoms with E-state index in [1.165, 1.54) is 5.56 Å². The Hall–Kier alpha value is -2.08. The largest absolute Gasteiger partial charge is 0.331 e. The van der Waals surface area contributed by atoms with Gasteiger partial charge in [-0.15, -0.1) is 0 Å². The number of rotatable bonds is 3. The van der Waals surface area contributed by atoms with Crippen LogP contribution in [-0.4, -0.2) is 9.55 Å². The van der Waals surface area contributed by atoms with Gasteiger partial charge in [-0.1, -0.05) is 38.1 Å². The normalized spacial score (nSPS) is 10.7. The maximum atomic E-state index is 8.81. The molecule has 98 valence electrons. The molecule has 1 aromatic heterocycles. The Morgan fingerprint density at radius 3 is 2.42 bits per heavy atom. The second kappa shape index (κ2) is 5.27. The van der Waals surface area contributed by atoms with Gasteiger partial charge in [-0.25, -0.2) is 4.98 Å². The fourth-order valence-corrected chi connectivity index (χ4v) is 2.15. The van der Waals surface area contributed by atoms with Crippen LogP contribution < -0.4 is 0 Å². The van der Waals surface area contributed by atoms with Crippen molar-refractivity contribution in [1.82, 2.24) is 9.55 Å². The number of aromatic nitrogens is 2. The van der Waals surface area contributed by atoms with E-state index >= 15 is 0 Å². The van der Waals surface area contributed by atoms with E-state index in [-0.39, 0.29) is 0 Å². The van der Waals surface area contributed by atoms with Crippen molar-refractivity contribution in [3.8, 4) is 17.5 Å². The molecule has 1 aromatic carbocycles. The maximum Gasteiger partial charge on any atom is 0.140 e. The second-order valence-corrected chi connectivity index (χ2v) is 5.14. The van der Waals surface area contributed by atoms with Crippen LogP contribution >= 0.6 is 0 Å². The zero-order valence-electron chi connectivity index (χ0n) is 11.9. The van der Waals surface area contributed by atoms with Gasteiger partial charge in [0.1, 0.15) is 5.82 Å². The first-order chi connectivity index (χ1) is 9.04. The van der Waals surface area contributed by atoms with Gasteiger partial charge >= 0.3 is 0 Å². The van der Waals surface area contributed by atoms with Crippen molar-refractivity contribution in [3.63, 3.8) is 0 Å². The average molecular weight is 253 g/mol. The van der Waals surface area contributed by atoms with Gasteiger partial charge in [-0.2, -0.15) is 5.26 Å². The number of hydrogen-bond donors (Lipinski definition) is 0. The number of nitrogens with zero attached hydrogens (tertiary/aromatic N) is 3. The fraction of sp³-hybridized carbons (Fsp3) is 0.375. The Kier molecular flexibility index (Phi) is 3.71. The summed E-state index contributed by atoms with van der Waals surface area (Å²) in [6.45, 7) is 6.38. The third kappa shape index (κ3) is 2.53. The van der Waals surface area contributed by atoms with Gasteiger partial charge in [0.25, 0.3) is 0 Å². The first-order valence-corrected chi connectivity index (χ1v) is 6.54. The summed E-state index contributed by atoms with van der Waals surface area (Å²) < 4.78 is 2.05. The number of benzene rings is 1. The molecule has 0 unspecified atom stereocenters. The van der Waals surface area contributed by atoms with E-state index in [0.717, 1.165) is 22.8 Å². The van der Waals surface area contributed by atoms with Crippen molar-refractivity contribution < 1.29 is 0 Å². The topological polar surface area (TPSA) is 41.6 Å². The van der Waals surface area contributed by atoms with Crippen molar-refractivity contribution in [2.24, 2.45) is 7.05 Å². The summed E-state index contributed by atoms with van der Waals surface area (Å²) in [5.41, 5.74) is 4.35. The molecule has 0 fully saturated rings. The van der Waals surface area contributed by atoms with E-state index in [1.807, 2.05) is 14.0 Å². The predicted molar refractivity (Wildman–Crippen MR) is 76.8 cm³/mol. The molecule has 1 heterocycles. The number of hydrogen-bond acceptors (Lipinski definition) is 2. The van der Waals surface area contributed by atoms with Crippen molar-refractivity contribution in [2.75, 3.05) is 0 Å². The molecule has 0 bridgehead atoms. The van der Waals surface area contributed by atoms with Crippen LogP contribution in [0.3, 0.4) is 0 Å². The highest BCUT2D eigenvalue weighted by atomic mass is 15.1. The van der Waals surface area contributed by atoms with E-state index in [2.05, 4.69) is 53.7 Å². The summed E-state index contributed by atoms with van der Waals surface area (Å²) in [5, 5.41) is 8.81. The summed E-state index contributed by atoms with van der Waals surface area (Å²) >= 11 is 0. The van der Waals surface area contributed by atoms with Crippen molar-refractivity contribution in [3.05, 3.63) is 41.2 Å². The maximum absolute atomic E-state index is 8.81. The van der Waals surface area contributed by atoms with E-state index < -0.39 is 0 Å². The predicted octanol–water partition coefficient (Wildman–Crippen LogP) is 3.59. The summed E-state index contributed by atoms with van der Waals surface area (Å²) in [5.74, 6) is 1.46. The molecular formula is C16H19N3. The third-order valence-electron chi connectivity index (χ3n) is 3.56.